The van der Waals surface area contributed by atoms with E-state index in [4.69, 9.17) is 0 Å². The van der Waals surface area contributed by atoms with Crippen molar-refractivity contribution in [1.82, 2.24) is 10.6 Å². The van der Waals surface area contributed by atoms with Crippen LogP contribution in [0.4, 0.5) is 0 Å². The van der Waals surface area contributed by atoms with Crippen molar-refractivity contribution >= 4 is 5.91 Å². The first-order valence-corrected chi connectivity index (χ1v) is 6.11. The highest BCUT2D eigenvalue weighted by atomic mass is 16.3. The van der Waals surface area contributed by atoms with Crippen LogP contribution in [0.3, 0.4) is 0 Å². The SMILES string of the molecule is CC(C)(C)NCC(=O)NC1CCCCC1O. The molecule has 0 bridgehead atoms. The summed E-state index contributed by atoms with van der Waals surface area (Å²) >= 11 is 0. The van der Waals surface area contributed by atoms with Crippen molar-refractivity contribution < 1.29 is 9.90 Å². The predicted molar refractivity (Wildman–Crippen MR) is 64.2 cm³/mol. The molecule has 0 aromatic carbocycles. The molecule has 0 aliphatic heterocycles. The van der Waals surface area contributed by atoms with Crippen molar-refractivity contribution in [2.24, 2.45) is 0 Å². The fourth-order valence-corrected chi connectivity index (χ4v) is 1.88. The number of nitrogens with one attached hydrogen (secondary N) is 2. The van der Waals surface area contributed by atoms with E-state index >= 15 is 0 Å². The molecule has 1 amide bonds. The molecule has 0 heterocycles. The Hall–Kier alpha value is -0.610. The van der Waals surface area contributed by atoms with Gasteiger partial charge in [-0.3, -0.25) is 4.79 Å². The summed E-state index contributed by atoms with van der Waals surface area (Å²) < 4.78 is 0. The highest BCUT2D eigenvalue weighted by Crippen LogP contribution is 2.18. The lowest BCUT2D eigenvalue weighted by atomic mass is 9.92. The predicted octanol–water partition coefficient (Wildman–Crippen LogP) is 0.794. The fourth-order valence-electron chi connectivity index (χ4n) is 1.88. The molecule has 1 saturated carbocycles. The number of rotatable bonds is 3. The first kappa shape index (κ1) is 13.5. The summed E-state index contributed by atoms with van der Waals surface area (Å²) in [7, 11) is 0. The second kappa shape index (κ2) is 5.64. The van der Waals surface area contributed by atoms with Crippen LogP contribution in [0.15, 0.2) is 0 Å². The summed E-state index contributed by atoms with van der Waals surface area (Å²) in [6.45, 7) is 6.38. The molecule has 1 aliphatic carbocycles. The zero-order valence-corrected chi connectivity index (χ0v) is 10.5. The van der Waals surface area contributed by atoms with Crippen LogP contribution in [0.25, 0.3) is 0 Å². The van der Waals surface area contributed by atoms with Crippen LogP contribution in [0.5, 0.6) is 0 Å². The van der Waals surface area contributed by atoms with E-state index in [1.165, 1.54) is 0 Å². The highest BCUT2D eigenvalue weighted by Gasteiger charge is 2.24. The molecule has 94 valence electrons. The molecule has 0 saturated heterocycles. The summed E-state index contributed by atoms with van der Waals surface area (Å²) in [5, 5.41) is 15.7. The maximum atomic E-state index is 11.6. The molecule has 2 atom stereocenters. The number of aliphatic hydroxyl groups is 1. The topological polar surface area (TPSA) is 61.4 Å². The van der Waals surface area contributed by atoms with Crippen molar-refractivity contribution in [3.05, 3.63) is 0 Å². The Morgan fingerprint density at radius 1 is 1.31 bits per heavy atom. The lowest BCUT2D eigenvalue weighted by molar-refractivity contribution is -0.122. The van der Waals surface area contributed by atoms with Gasteiger partial charge in [0.25, 0.3) is 0 Å². The van der Waals surface area contributed by atoms with Crippen molar-refractivity contribution in [3.63, 3.8) is 0 Å². The van der Waals surface area contributed by atoms with Crippen LogP contribution in [0.1, 0.15) is 46.5 Å². The average molecular weight is 228 g/mol. The Bertz CT molecular complexity index is 236. The van der Waals surface area contributed by atoms with E-state index in [1.54, 1.807) is 0 Å². The third kappa shape index (κ3) is 4.94. The Labute approximate surface area is 97.8 Å². The minimum Gasteiger partial charge on any atom is -0.391 e. The van der Waals surface area contributed by atoms with Gasteiger partial charge in [0, 0.05) is 5.54 Å². The smallest absolute Gasteiger partial charge is 0.234 e. The molecule has 0 spiro atoms. The molecule has 0 radical (unpaired) electrons. The van der Waals surface area contributed by atoms with Crippen LogP contribution >= 0.6 is 0 Å². The van der Waals surface area contributed by atoms with Gasteiger partial charge in [-0.2, -0.15) is 0 Å². The molecule has 16 heavy (non-hydrogen) atoms. The quantitative estimate of drug-likeness (QED) is 0.669. The Morgan fingerprint density at radius 2 is 1.94 bits per heavy atom. The third-order valence-electron chi connectivity index (χ3n) is 2.86. The zero-order chi connectivity index (χ0) is 12.2. The number of aliphatic hydroxyl groups excluding tert-OH is 1. The first-order chi connectivity index (χ1) is 7.38. The number of hydrogen-bond donors (Lipinski definition) is 3. The summed E-state index contributed by atoms with van der Waals surface area (Å²) in [5.41, 5.74) is -0.0531. The van der Waals surface area contributed by atoms with Crippen molar-refractivity contribution in [1.29, 1.82) is 0 Å². The second-order valence-corrected chi connectivity index (χ2v) is 5.63. The fraction of sp³-hybridized carbons (Fsp3) is 0.917. The van der Waals surface area contributed by atoms with Crippen LogP contribution in [0.2, 0.25) is 0 Å². The van der Waals surface area contributed by atoms with Crippen molar-refractivity contribution in [3.8, 4) is 0 Å². The van der Waals surface area contributed by atoms with Gasteiger partial charge in [0.2, 0.25) is 5.91 Å². The Kier molecular flexibility index (Phi) is 4.74. The lowest BCUT2D eigenvalue weighted by Crippen LogP contribution is -2.50. The lowest BCUT2D eigenvalue weighted by Gasteiger charge is -2.29. The van der Waals surface area contributed by atoms with Gasteiger partial charge in [-0.15, -0.1) is 0 Å². The van der Waals surface area contributed by atoms with Gasteiger partial charge in [0.05, 0.1) is 18.7 Å². The molecule has 4 nitrogen and oxygen atoms in total. The maximum absolute atomic E-state index is 11.6. The summed E-state index contributed by atoms with van der Waals surface area (Å²) in [4.78, 5) is 11.6. The monoisotopic (exact) mass is 228 g/mol. The summed E-state index contributed by atoms with van der Waals surface area (Å²) in [5.74, 6) is -0.0270. The molecule has 4 heteroatoms. The van der Waals surface area contributed by atoms with E-state index in [0.29, 0.717) is 6.54 Å². The number of carbonyl (C=O) groups excluding carboxylic acids is 1. The van der Waals surface area contributed by atoms with E-state index in [9.17, 15) is 9.90 Å². The van der Waals surface area contributed by atoms with Crippen LogP contribution in [0, 0.1) is 0 Å². The van der Waals surface area contributed by atoms with E-state index < -0.39 is 0 Å². The van der Waals surface area contributed by atoms with Gasteiger partial charge in [-0.1, -0.05) is 12.8 Å². The molecule has 3 N–H and O–H groups in total. The molecular weight excluding hydrogens is 204 g/mol. The van der Waals surface area contributed by atoms with Gasteiger partial charge in [0.1, 0.15) is 0 Å². The standard InChI is InChI=1S/C12H24N2O2/c1-12(2,3)13-8-11(16)14-9-6-4-5-7-10(9)15/h9-10,13,15H,4-8H2,1-3H3,(H,14,16). The van der Waals surface area contributed by atoms with Crippen LogP contribution in [-0.4, -0.2) is 35.2 Å². The minimum atomic E-state index is -0.368. The van der Waals surface area contributed by atoms with Gasteiger partial charge in [-0.05, 0) is 33.6 Å². The Morgan fingerprint density at radius 3 is 2.50 bits per heavy atom. The van der Waals surface area contributed by atoms with E-state index in [1.807, 2.05) is 20.8 Å². The molecule has 0 aromatic rings. The van der Waals surface area contributed by atoms with E-state index in [-0.39, 0.29) is 23.6 Å². The van der Waals surface area contributed by atoms with Gasteiger partial charge in [0.15, 0.2) is 0 Å². The number of amides is 1. The van der Waals surface area contributed by atoms with Gasteiger partial charge >= 0.3 is 0 Å². The number of hydrogen-bond acceptors (Lipinski definition) is 3. The number of carbonyl (C=O) groups is 1. The summed E-state index contributed by atoms with van der Waals surface area (Å²) in [6, 6.07) is -0.0528. The van der Waals surface area contributed by atoms with Gasteiger partial charge in [-0.25, -0.2) is 0 Å². The van der Waals surface area contributed by atoms with E-state index in [2.05, 4.69) is 10.6 Å². The van der Waals surface area contributed by atoms with Crippen molar-refractivity contribution in [2.45, 2.75) is 64.1 Å². The molecule has 1 rings (SSSR count). The minimum absolute atomic E-state index is 0.0270. The molecular formula is C12H24N2O2. The maximum Gasteiger partial charge on any atom is 0.234 e. The van der Waals surface area contributed by atoms with Crippen LogP contribution < -0.4 is 10.6 Å². The normalized spacial score (nSPS) is 26.5. The second-order valence-electron chi connectivity index (χ2n) is 5.63. The molecule has 1 fully saturated rings. The largest absolute Gasteiger partial charge is 0.391 e. The average Bonchev–Trinajstić information content (AvgIpc) is 2.18. The summed E-state index contributed by atoms with van der Waals surface area (Å²) in [6.07, 6.45) is 3.48. The molecule has 1 aliphatic rings. The van der Waals surface area contributed by atoms with E-state index in [0.717, 1.165) is 25.7 Å². The first-order valence-electron chi connectivity index (χ1n) is 6.11. The van der Waals surface area contributed by atoms with Gasteiger partial charge < -0.3 is 15.7 Å². The molecule has 2 unspecified atom stereocenters. The highest BCUT2D eigenvalue weighted by molar-refractivity contribution is 5.78. The van der Waals surface area contributed by atoms with Crippen LogP contribution in [-0.2, 0) is 4.79 Å². The Balaban J connectivity index is 2.28. The zero-order valence-electron chi connectivity index (χ0n) is 10.5. The third-order valence-corrected chi connectivity index (χ3v) is 2.86. The molecule has 0 aromatic heterocycles. The van der Waals surface area contributed by atoms with Crippen molar-refractivity contribution in [2.75, 3.05) is 6.54 Å².